The minimum absolute atomic E-state index is 0.530. The first kappa shape index (κ1) is 8.31. The van der Waals surface area contributed by atoms with Crippen LogP contribution in [-0.2, 0) is 10.1 Å². The Balaban J connectivity index is 3.38. The van der Waals surface area contributed by atoms with Gasteiger partial charge >= 0.3 is 0 Å². The van der Waals surface area contributed by atoms with E-state index in [9.17, 15) is 8.42 Å². The molecular weight excluding hydrogens is 192 g/mol. The van der Waals surface area contributed by atoms with Crippen LogP contribution in [0.1, 0.15) is 0 Å². The van der Waals surface area contributed by atoms with E-state index in [1.165, 1.54) is 0 Å². The third kappa shape index (κ3) is 1.44. The number of hydrogen-bond donors (Lipinski definition) is 3. The van der Waals surface area contributed by atoms with Crippen LogP contribution in [0.4, 0.5) is 0 Å². The highest BCUT2D eigenvalue weighted by molar-refractivity contribution is 7.86. The summed E-state index contributed by atoms with van der Waals surface area (Å²) in [5.74, 6) is -0.808. The lowest BCUT2D eigenvalue weighted by Gasteiger charge is -1.91. The molecule has 0 bridgehead atoms. The first-order chi connectivity index (χ1) is 4.93. The zero-order valence-electron chi connectivity index (χ0n) is 5.05. The van der Waals surface area contributed by atoms with Gasteiger partial charge in [-0.15, -0.1) is 11.3 Å². The standard InChI is InChI=1S/C4H4O5S2/c5-3-2(11(7,8)9)1-10-4(3)6/h1,5-6H,(H,7,8,9). The molecule has 0 aliphatic carbocycles. The van der Waals surface area contributed by atoms with Crippen molar-refractivity contribution in [2.45, 2.75) is 4.90 Å². The molecule has 0 aromatic carbocycles. The highest BCUT2D eigenvalue weighted by Gasteiger charge is 2.19. The van der Waals surface area contributed by atoms with Crippen LogP contribution in [0.5, 0.6) is 10.8 Å². The van der Waals surface area contributed by atoms with Crippen LogP contribution >= 0.6 is 11.3 Å². The van der Waals surface area contributed by atoms with Crippen molar-refractivity contribution in [3.05, 3.63) is 5.38 Å². The SMILES string of the molecule is O=S(=O)(O)c1csc(O)c1O. The number of rotatable bonds is 1. The van der Waals surface area contributed by atoms with Crippen LogP contribution < -0.4 is 0 Å². The van der Waals surface area contributed by atoms with Crippen molar-refractivity contribution in [3.8, 4) is 10.8 Å². The predicted molar refractivity (Wildman–Crippen MR) is 37.5 cm³/mol. The lowest BCUT2D eigenvalue weighted by molar-refractivity contribution is 0.401. The Morgan fingerprint density at radius 3 is 2.09 bits per heavy atom. The summed E-state index contributed by atoms with van der Waals surface area (Å²) in [4.78, 5) is -0.667. The average molecular weight is 196 g/mol. The summed E-state index contributed by atoms with van der Waals surface area (Å²) in [5, 5.41) is 17.9. The van der Waals surface area contributed by atoms with Crippen molar-refractivity contribution >= 4 is 21.5 Å². The van der Waals surface area contributed by atoms with E-state index < -0.39 is 25.8 Å². The smallest absolute Gasteiger partial charge is 0.299 e. The minimum Gasteiger partial charge on any atom is -0.503 e. The zero-order valence-corrected chi connectivity index (χ0v) is 6.68. The molecule has 0 aliphatic rings. The first-order valence-electron chi connectivity index (χ1n) is 2.40. The molecule has 62 valence electrons. The molecule has 1 aromatic rings. The van der Waals surface area contributed by atoms with Gasteiger partial charge in [0.25, 0.3) is 10.1 Å². The van der Waals surface area contributed by atoms with E-state index in [0.717, 1.165) is 5.38 Å². The second-order valence-electron chi connectivity index (χ2n) is 1.73. The molecule has 0 radical (unpaired) electrons. The third-order valence-electron chi connectivity index (χ3n) is 0.991. The summed E-state index contributed by atoms with van der Waals surface area (Å²) in [6.45, 7) is 0. The maximum atomic E-state index is 10.4. The van der Waals surface area contributed by atoms with Crippen LogP contribution in [0, 0.1) is 0 Å². The van der Waals surface area contributed by atoms with E-state index in [4.69, 9.17) is 14.8 Å². The Bertz CT molecular complexity index is 362. The van der Waals surface area contributed by atoms with Crippen molar-refractivity contribution in [3.63, 3.8) is 0 Å². The summed E-state index contributed by atoms with van der Waals surface area (Å²) in [6, 6.07) is 0. The molecule has 1 rings (SSSR count). The second kappa shape index (κ2) is 2.36. The van der Waals surface area contributed by atoms with Crippen LogP contribution in [0.15, 0.2) is 10.3 Å². The van der Waals surface area contributed by atoms with Gasteiger partial charge in [0.15, 0.2) is 10.6 Å². The molecule has 0 saturated carbocycles. The molecule has 0 aliphatic heterocycles. The first-order valence-corrected chi connectivity index (χ1v) is 4.72. The van der Waals surface area contributed by atoms with Crippen molar-refractivity contribution < 1.29 is 23.2 Å². The van der Waals surface area contributed by atoms with Crippen molar-refractivity contribution in [2.24, 2.45) is 0 Å². The van der Waals surface area contributed by atoms with Crippen molar-refractivity contribution in [2.75, 3.05) is 0 Å². The third-order valence-corrected chi connectivity index (χ3v) is 2.78. The van der Waals surface area contributed by atoms with E-state index in [1.807, 2.05) is 0 Å². The van der Waals surface area contributed by atoms with E-state index in [0.29, 0.717) is 11.3 Å². The molecule has 0 fully saturated rings. The minimum atomic E-state index is -4.41. The monoisotopic (exact) mass is 196 g/mol. The van der Waals surface area contributed by atoms with Crippen molar-refractivity contribution in [1.29, 1.82) is 0 Å². The molecule has 7 heteroatoms. The maximum Gasteiger partial charge on any atom is 0.299 e. The molecule has 1 aromatic heterocycles. The molecule has 0 saturated heterocycles. The zero-order chi connectivity index (χ0) is 8.65. The fourth-order valence-electron chi connectivity index (χ4n) is 0.509. The van der Waals surface area contributed by atoms with Gasteiger partial charge in [-0.25, -0.2) is 0 Å². The van der Waals surface area contributed by atoms with Crippen LogP contribution in [-0.4, -0.2) is 23.2 Å². The Labute approximate surface area is 66.3 Å². The van der Waals surface area contributed by atoms with E-state index in [1.54, 1.807) is 0 Å². The molecule has 0 unspecified atom stereocenters. The molecule has 0 atom stereocenters. The van der Waals surface area contributed by atoms with E-state index >= 15 is 0 Å². The fourth-order valence-corrected chi connectivity index (χ4v) is 2.10. The summed E-state index contributed by atoms with van der Waals surface area (Å²) in [7, 11) is -4.41. The van der Waals surface area contributed by atoms with Gasteiger partial charge < -0.3 is 10.2 Å². The number of aromatic hydroxyl groups is 2. The lowest BCUT2D eigenvalue weighted by atomic mass is 10.6. The van der Waals surface area contributed by atoms with Crippen LogP contribution in [0.2, 0.25) is 0 Å². The summed E-state index contributed by atoms with van der Waals surface area (Å²) < 4.78 is 29.1. The van der Waals surface area contributed by atoms with Gasteiger partial charge in [0, 0.05) is 5.38 Å². The van der Waals surface area contributed by atoms with Gasteiger partial charge in [-0.3, -0.25) is 4.55 Å². The van der Waals surface area contributed by atoms with Gasteiger partial charge in [0.05, 0.1) is 0 Å². The Kier molecular flexibility index (Phi) is 1.78. The topological polar surface area (TPSA) is 94.8 Å². The van der Waals surface area contributed by atoms with E-state index in [2.05, 4.69) is 0 Å². The van der Waals surface area contributed by atoms with Crippen LogP contribution in [0.25, 0.3) is 0 Å². The Hall–Kier alpha value is -0.790. The van der Waals surface area contributed by atoms with Gasteiger partial charge in [-0.1, -0.05) is 0 Å². The molecule has 3 N–H and O–H groups in total. The van der Waals surface area contributed by atoms with E-state index in [-0.39, 0.29) is 0 Å². The molecule has 5 nitrogen and oxygen atoms in total. The average Bonchev–Trinajstić information content (AvgIpc) is 2.11. The summed E-state index contributed by atoms with van der Waals surface area (Å²) in [6.07, 6.45) is 0. The largest absolute Gasteiger partial charge is 0.503 e. The molecule has 11 heavy (non-hydrogen) atoms. The Morgan fingerprint density at radius 1 is 1.36 bits per heavy atom. The quantitative estimate of drug-likeness (QED) is 0.565. The predicted octanol–water partition coefficient (Wildman–Crippen LogP) is 0.406. The highest BCUT2D eigenvalue weighted by Crippen LogP contribution is 2.38. The maximum absolute atomic E-state index is 10.4. The van der Waals surface area contributed by atoms with Gasteiger partial charge in [-0.05, 0) is 0 Å². The Morgan fingerprint density at radius 2 is 1.91 bits per heavy atom. The van der Waals surface area contributed by atoms with Gasteiger partial charge in [0.2, 0.25) is 5.06 Å². The summed E-state index contributed by atoms with van der Waals surface area (Å²) in [5.41, 5.74) is 0. The number of thiophene rings is 1. The number of hydrogen-bond acceptors (Lipinski definition) is 5. The normalized spacial score (nSPS) is 11.7. The molecule has 0 amide bonds. The fraction of sp³-hybridized carbons (Fsp3) is 0. The lowest BCUT2D eigenvalue weighted by Crippen LogP contribution is -1.95. The summed E-state index contributed by atoms with van der Waals surface area (Å²) >= 11 is 0.624. The second-order valence-corrected chi connectivity index (χ2v) is 3.98. The molecule has 1 heterocycles. The van der Waals surface area contributed by atoms with Crippen molar-refractivity contribution in [1.82, 2.24) is 0 Å². The van der Waals surface area contributed by atoms with Crippen LogP contribution in [0.3, 0.4) is 0 Å². The highest BCUT2D eigenvalue weighted by atomic mass is 32.2. The van der Waals surface area contributed by atoms with Gasteiger partial charge in [-0.2, -0.15) is 8.42 Å². The van der Waals surface area contributed by atoms with Gasteiger partial charge in [0.1, 0.15) is 0 Å². The molecule has 0 spiro atoms. The molecular formula is C4H4O5S2.